The van der Waals surface area contributed by atoms with Gasteiger partial charge in [-0.2, -0.15) is 0 Å². The molecule has 3 saturated heterocycles. The van der Waals surface area contributed by atoms with Crippen LogP contribution < -0.4 is 10.1 Å². The third kappa shape index (κ3) is 3.66. The monoisotopic (exact) mass is 337 g/mol. The molecule has 3 fully saturated rings. The number of aryl methyl sites for hydroxylation is 1. The van der Waals surface area contributed by atoms with E-state index in [2.05, 4.69) is 15.2 Å². The molecular formula is C20H23N3O2. The van der Waals surface area contributed by atoms with Crippen LogP contribution in [0.5, 0.6) is 11.6 Å². The van der Waals surface area contributed by atoms with Gasteiger partial charge in [-0.25, -0.2) is 4.98 Å². The van der Waals surface area contributed by atoms with E-state index in [0.29, 0.717) is 23.1 Å². The summed E-state index contributed by atoms with van der Waals surface area (Å²) in [4.78, 5) is 19.1. The number of amides is 1. The number of carbonyl (C=O) groups excluding carboxylic acids is 1. The Bertz CT molecular complexity index is 752. The highest BCUT2D eigenvalue weighted by Gasteiger charge is 2.34. The molecule has 3 aliphatic rings. The second-order valence-electron chi connectivity index (χ2n) is 7.02. The molecular weight excluding hydrogens is 314 g/mol. The number of carbonyl (C=O) groups is 1. The van der Waals surface area contributed by atoms with E-state index in [1.807, 2.05) is 43.3 Å². The lowest BCUT2D eigenvalue weighted by molar-refractivity contribution is 0.0620. The number of pyridine rings is 1. The summed E-state index contributed by atoms with van der Waals surface area (Å²) in [6, 6.07) is 11.3. The molecule has 1 N–H and O–H groups in total. The predicted molar refractivity (Wildman–Crippen MR) is 95.9 cm³/mol. The third-order valence-corrected chi connectivity index (χ3v) is 5.20. The van der Waals surface area contributed by atoms with Gasteiger partial charge in [-0.1, -0.05) is 0 Å². The smallest absolute Gasteiger partial charge is 0.251 e. The maximum atomic E-state index is 12.5. The molecule has 1 amide bonds. The van der Waals surface area contributed by atoms with Crippen molar-refractivity contribution >= 4 is 5.91 Å². The Labute approximate surface area is 148 Å². The van der Waals surface area contributed by atoms with Gasteiger partial charge in [-0.15, -0.1) is 0 Å². The van der Waals surface area contributed by atoms with Crippen LogP contribution in [0.15, 0.2) is 42.6 Å². The fourth-order valence-electron chi connectivity index (χ4n) is 3.74. The fourth-order valence-corrected chi connectivity index (χ4v) is 3.74. The first-order valence-corrected chi connectivity index (χ1v) is 8.91. The molecule has 25 heavy (non-hydrogen) atoms. The number of hydrogen-bond acceptors (Lipinski definition) is 4. The lowest BCUT2D eigenvalue weighted by Gasteiger charge is -2.44. The van der Waals surface area contributed by atoms with E-state index in [0.717, 1.165) is 12.1 Å². The molecule has 0 unspecified atom stereocenters. The van der Waals surface area contributed by atoms with Gasteiger partial charge in [0.15, 0.2) is 0 Å². The van der Waals surface area contributed by atoms with Crippen LogP contribution in [0.4, 0.5) is 0 Å². The quantitative estimate of drug-likeness (QED) is 0.932. The average Bonchev–Trinajstić information content (AvgIpc) is 2.63. The number of fused-ring (bicyclic) bond motifs is 3. The van der Waals surface area contributed by atoms with Crippen molar-refractivity contribution in [3.63, 3.8) is 0 Å². The van der Waals surface area contributed by atoms with Crippen molar-refractivity contribution in [2.24, 2.45) is 5.92 Å². The van der Waals surface area contributed by atoms with Gasteiger partial charge in [0, 0.05) is 30.4 Å². The summed E-state index contributed by atoms with van der Waals surface area (Å²) in [5.41, 5.74) is 1.76. The highest BCUT2D eigenvalue weighted by Crippen LogP contribution is 2.28. The maximum Gasteiger partial charge on any atom is 0.251 e. The summed E-state index contributed by atoms with van der Waals surface area (Å²) in [7, 11) is 0. The minimum atomic E-state index is -0.000944. The van der Waals surface area contributed by atoms with E-state index in [9.17, 15) is 4.79 Å². The van der Waals surface area contributed by atoms with Crippen LogP contribution in [0.1, 0.15) is 28.8 Å². The molecule has 0 saturated carbocycles. The molecule has 0 aliphatic carbocycles. The largest absolute Gasteiger partial charge is 0.439 e. The number of nitrogens with zero attached hydrogens (tertiary/aromatic N) is 2. The van der Waals surface area contributed by atoms with Gasteiger partial charge < -0.3 is 15.0 Å². The zero-order valence-electron chi connectivity index (χ0n) is 14.4. The zero-order chi connectivity index (χ0) is 17.2. The molecule has 5 rings (SSSR count). The Morgan fingerprint density at radius 1 is 1.20 bits per heavy atom. The van der Waals surface area contributed by atoms with Crippen molar-refractivity contribution in [2.75, 3.05) is 19.6 Å². The van der Waals surface area contributed by atoms with Gasteiger partial charge in [0.2, 0.25) is 5.88 Å². The van der Waals surface area contributed by atoms with Crippen molar-refractivity contribution in [2.45, 2.75) is 25.8 Å². The molecule has 2 bridgehead atoms. The highest BCUT2D eigenvalue weighted by atomic mass is 16.5. The van der Waals surface area contributed by atoms with Crippen LogP contribution in [-0.4, -0.2) is 41.5 Å². The van der Waals surface area contributed by atoms with Gasteiger partial charge in [-0.05, 0) is 74.7 Å². The van der Waals surface area contributed by atoms with Gasteiger partial charge in [0.25, 0.3) is 5.91 Å². The Morgan fingerprint density at radius 2 is 1.96 bits per heavy atom. The molecule has 1 aromatic carbocycles. The van der Waals surface area contributed by atoms with Crippen LogP contribution in [0.3, 0.4) is 0 Å². The molecule has 5 nitrogen and oxygen atoms in total. The van der Waals surface area contributed by atoms with Gasteiger partial charge in [0.05, 0.1) is 0 Å². The summed E-state index contributed by atoms with van der Waals surface area (Å²) in [5.74, 6) is 1.87. The maximum absolute atomic E-state index is 12.5. The molecule has 130 valence electrons. The third-order valence-electron chi connectivity index (χ3n) is 5.20. The summed E-state index contributed by atoms with van der Waals surface area (Å²) >= 11 is 0. The second-order valence-corrected chi connectivity index (χ2v) is 7.02. The Balaban J connectivity index is 1.39. The number of piperidine rings is 3. The van der Waals surface area contributed by atoms with Crippen LogP contribution in [0, 0.1) is 12.8 Å². The van der Waals surface area contributed by atoms with E-state index in [1.165, 1.54) is 25.9 Å². The van der Waals surface area contributed by atoms with Crippen molar-refractivity contribution < 1.29 is 9.53 Å². The summed E-state index contributed by atoms with van der Waals surface area (Å²) < 4.78 is 5.73. The lowest BCUT2D eigenvalue weighted by atomic mass is 9.84. The summed E-state index contributed by atoms with van der Waals surface area (Å²) in [6.45, 7) is 5.33. The first-order chi connectivity index (χ1) is 12.2. The van der Waals surface area contributed by atoms with E-state index >= 15 is 0 Å². The number of ether oxygens (including phenoxy) is 1. The number of benzene rings is 1. The molecule has 4 heterocycles. The number of hydrogen-bond donors (Lipinski definition) is 1. The molecule has 1 atom stereocenters. The molecule has 1 aromatic heterocycles. The van der Waals surface area contributed by atoms with Crippen LogP contribution in [0.2, 0.25) is 0 Å². The standard InChI is InChI=1S/C20H23N3O2/c1-14-6-9-21-19(12-14)25-17-4-2-16(3-5-17)20(24)22-18-13-23-10-7-15(18)8-11-23/h2-6,9,12,15,18H,7-8,10-11,13H2,1H3,(H,22,24)/t18-/m0/s1. The van der Waals surface area contributed by atoms with Gasteiger partial charge in [-0.3, -0.25) is 4.79 Å². The van der Waals surface area contributed by atoms with E-state index in [1.54, 1.807) is 6.20 Å². The second kappa shape index (κ2) is 6.84. The topological polar surface area (TPSA) is 54.5 Å². The van der Waals surface area contributed by atoms with E-state index < -0.39 is 0 Å². The minimum absolute atomic E-state index is 0.000944. The lowest BCUT2D eigenvalue weighted by Crippen LogP contribution is -2.57. The number of nitrogens with one attached hydrogen (secondary N) is 1. The molecule has 0 radical (unpaired) electrons. The number of rotatable bonds is 4. The Hall–Kier alpha value is -2.40. The van der Waals surface area contributed by atoms with Gasteiger partial charge in [0.1, 0.15) is 5.75 Å². The number of aromatic nitrogens is 1. The molecule has 3 aliphatic heterocycles. The molecule has 5 heteroatoms. The summed E-state index contributed by atoms with van der Waals surface area (Å²) in [5, 5.41) is 3.21. The van der Waals surface area contributed by atoms with Crippen molar-refractivity contribution in [1.29, 1.82) is 0 Å². The van der Waals surface area contributed by atoms with Crippen LogP contribution in [0.25, 0.3) is 0 Å². The fraction of sp³-hybridized carbons (Fsp3) is 0.400. The summed E-state index contributed by atoms with van der Waals surface area (Å²) in [6.07, 6.45) is 4.11. The molecule has 0 spiro atoms. The Morgan fingerprint density at radius 3 is 2.60 bits per heavy atom. The van der Waals surface area contributed by atoms with Crippen molar-refractivity contribution in [3.05, 3.63) is 53.7 Å². The van der Waals surface area contributed by atoms with E-state index in [4.69, 9.17) is 4.74 Å². The first kappa shape index (κ1) is 16.1. The molecule has 2 aromatic rings. The van der Waals surface area contributed by atoms with Crippen LogP contribution >= 0.6 is 0 Å². The van der Waals surface area contributed by atoms with Gasteiger partial charge >= 0.3 is 0 Å². The van der Waals surface area contributed by atoms with Crippen LogP contribution in [-0.2, 0) is 0 Å². The van der Waals surface area contributed by atoms with Crippen molar-refractivity contribution in [1.82, 2.24) is 15.2 Å². The normalized spacial score (nSPS) is 24.8. The SMILES string of the molecule is Cc1ccnc(Oc2ccc(C(=O)N[C@H]3CN4CCC3CC4)cc2)c1. The Kier molecular flexibility index (Phi) is 4.40. The van der Waals surface area contributed by atoms with Crippen molar-refractivity contribution in [3.8, 4) is 11.6 Å². The highest BCUT2D eigenvalue weighted by molar-refractivity contribution is 5.94. The first-order valence-electron chi connectivity index (χ1n) is 8.91. The van der Waals surface area contributed by atoms with E-state index in [-0.39, 0.29) is 11.9 Å². The minimum Gasteiger partial charge on any atom is -0.439 e. The average molecular weight is 337 g/mol. The zero-order valence-corrected chi connectivity index (χ0v) is 14.4. The predicted octanol–water partition coefficient (Wildman–Crippen LogP) is 3.01.